The minimum Gasteiger partial charge on any atom is -0.429 e. The Morgan fingerprint density at radius 1 is 0.808 bits per heavy atom. The van der Waals surface area contributed by atoms with Crippen LogP contribution in [0.1, 0.15) is 16.7 Å². The lowest BCUT2D eigenvalue weighted by molar-refractivity contribution is 0.158. The molecule has 0 bridgehead atoms. The van der Waals surface area contributed by atoms with Crippen LogP contribution >= 0.6 is 7.55 Å². The summed E-state index contributed by atoms with van der Waals surface area (Å²) in [7, 11) is -1.03. The molecule has 1 unspecified atom stereocenters. The minimum absolute atomic E-state index is 0.229. The number of hydrogen-bond donors (Lipinski definition) is 0. The Morgan fingerprint density at radius 2 is 1.15 bits per heavy atom. The summed E-state index contributed by atoms with van der Waals surface area (Å²) < 4.78 is 5.76. The lowest BCUT2D eigenvalue weighted by atomic mass is 9.70. The summed E-state index contributed by atoms with van der Waals surface area (Å²) in [6.45, 7) is 2.05. The molecule has 26 heavy (non-hydrogen) atoms. The first-order valence-electron chi connectivity index (χ1n) is 8.52. The molecular weight excluding hydrogens is 339 g/mol. The number of ether oxygens (including phenoxy) is 1. The molecule has 0 amide bonds. The zero-order valence-corrected chi connectivity index (χ0v) is 15.7. The summed E-state index contributed by atoms with van der Waals surface area (Å²) in [6.07, 6.45) is 3.85. The van der Waals surface area contributed by atoms with Crippen molar-refractivity contribution >= 4 is 19.6 Å². The molecule has 0 saturated heterocycles. The van der Waals surface area contributed by atoms with Crippen molar-refractivity contribution in [3.05, 3.63) is 108 Å². The number of carbonyl (C=O) groups excluding carboxylic acids is 1. The van der Waals surface area contributed by atoms with E-state index in [9.17, 15) is 4.79 Å². The normalized spacial score (nSPS) is 11.7. The van der Waals surface area contributed by atoms with Gasteiger partial charge in [-0.2, -0.15) is 4.79 Å². The molecule has 0 aromatic heterocycles. The van der Waals surface area contributed by atoms with E-state index in [-0.39, 0.29) is 12.3 Å². The number of hydrogen-bond acceptors (Lipinski definition) is 2. The van der Waals surface area contributed by atoms with Crippen molar-refractivity contribution in [2.75, 3.05) is 13.3 Å². The van der Waals surface area contributed by atoms with Crippen molar-refractivity contribution in [3.8, 4) is 0 Å². The highest BCUT2D eigenvalue weighted by molar-refractivity contribution is 7.71. The third-order valence-corrected chi connectivity index (χ3v) is 5.28. The van der Waals surface area contributed by atoms with Gasteiger partial charge in [0.25, 0.3) is 0 Å². The molecule has 3 heteroatoms. The van der Waals surface area contributed by atoms with Gasteiger partial charge in [0, 0.05) is 0 Å². The fourth-order valence-corrected chi connectivity index (χ4v) is 3.48. The van der Waals surface area contributed by atoms with Gasteiger partial charge in [-0.25, -0.2) is 0 Å². The Balaban J connectivity index is 2.21. The number of benzene rings is 3. The highest BCUT2D eigenvalue weighted by Crippen LogP contribution is 2.40. The number of rotatable bonds is 6. The molecule has 2 nitrogen and oxygen atoms in total. The van der Waals surface area contributed by atoms with Crippen molar-refractivity contribution in [3.63, 3.8) is 0 Å². The molecule has 0 aliphatic heterocycles. The van der Waals surface area contributed by atoms with Crippen molar-refractivity contribution in [2.45, 2.75) is 5.41 Å². The predicted molar refractivity (Wildman–Crippen MR) is 111 cm³/mol. The summed E-state index contributed by atoms with van der Waals surface area (Å²) in [5.41, 5.74) is 2.48. The smallest absolute Gasteiger partial charge is 0.429 e. The predicted octanol–water partition coefficient (Wildman–Crippen LogP) is 5.70. The van der Waals surface area contributed by atoms with Crippen molar-refractivity contribution in [1.29, 1.82) is 0 Å². The van der Waals surface area contributed by atoms with Gasteiger partial charge in [0.05, 0.1) is 11.7 Å². The van der Waals surface area contributed by atoms with Crippen LogP contribution in [0.2, 0.25) is 0 Å². The second-order valence-corrected chi connectivity index (χ2v) is 8.02. The van der Waals surface area contributed by atoms with Crippen molar-refractivity contribution in [2.24, 2.45) is 0 Å². The molecule has 3 rings (SSSR count). The molecule has 3 aromatic carbocycles. The minimum atomic E-state index is -1.03. The first-order valence-corrected chi connectivity index (χ1v) is 10.5. The monoisotopic (exact) mass is 361 g/mol. The van der Waals surface area contributed by atoms with Gasteiger partial charge in [-0.05, 0) is 16.7 Å². The molecule has 1 atom stereocenters. The molecule has 0 N–H and O–H groups in total. The van der Waals surface area contributed by atoms with E-state index in [1.54, 1.807) is 0 Å². The lowest BCUT2D eigenvalue weighted by Crippen LogP contribution is -2.35. The van der Waals surface area contributed by atoms with Gasteiger partial charge in [-0.15, -0.1) is 0 Å². The standard InChI is InChI=1S/C23H22O2P/c1-26(2)22(24)25-18-23(19-12-6-3-7-13-19,20-14-8-4-9-15-20)21-16-10-5-11-17-21/h3-17H,1,18H2,2H3/q+1. The van der Waals surface area contributed by atoms with Crippen LogP contribution in [0.5, 0.6) is 0 Å². The molecule has 0 aliphatic carbocycles. The topological polar surface area (TPSA) is 26.3 Å². The maximum Gasteiger partial charge on any atom is 0.509 e. The molecule has 0 heterocycles. The Hall–Kier alpha value is -2.70. The number of carbonyl (C=O) groups is 1. The largest absolute Gasteiger partial charge is 0.509 e. The van der Waals surface area contributed by atoms with E-state index in [4.69, 9.17) is 4.74 Å². The van der Waals surface area contributed by atoms with Gasteiger partial charge in [0.1, 0.15) is 13.3 Å². The first kappa shape index (κ1) is 18.1. The summed E-state index contributed by atoms with van der Waals surface area (Å²) in [5, 5.41) is 0. The Bertz CT molecular complexity index is 777. The fraction of sp³-hybridized carbons (Fsp3) is 0.130. The Kier molecular flexibility index (Phi) is 5.65. The summed E-state index contributed by atoms with van der Waals surface area (Å²) >= 11 is 0. The van der Waals surface area contributed by atoms with Crippen LogP contribution in [0.4, 0.5) is 4.79 Å². The molecule has 0 saturated carbocycles. The van der Waals surface area contributed by atoms with Crippen LogP contribution in [0.15, 0.2) is 91.0 Å². The van der Waals surface area contributed by atoms with Gasteiger partial charge in [-0.3, -0.25) is 0 Å². The summed E-state index contributed by atoms with van der Waals surface area (Å²) in [4.78, 5) is 12.2. The quantitative estimate of drug-likeness (QED) is 0.416. The van der Waals surface area contributed by atoms with Crippen molar-refractivity contribution < 1.29 is 9.53 Å². The molecule has 3 aromatic rings. The lowest BCUT2D eigenvalue weighted by Gasteiger charge is -2.34. The fourth-order valence-electron chi connectivity index (χ4n) is 3.20. The van der Waals surface area contributed by atoms with E-state index in [1.165, 1.54) is 0 Å². The van der Waals surface area contributed by atoms with E-state index in [0.717, 1.165) is 16.7 Å². The molecule has 0 fully saturated rings. The average molecular weight is 361 g/mol. The van der Waals surface area contributed by atoms with Gasteiger partial charge in [0.2, 0.25) is 7.55 Å². The Morgan fingerprint density at radius 3 is 1.46 bits per heavy atom. The highest BCUT2D eigenvalue weighted by atomic mass is 31.1. The van der Waals surface area contributed by atoms with Crippen LogP contribution in [-0.4, -0.2) is 25.3 Å². The SMILES string of the molecule is C=[P+](C)C(=O)OCC(c1ccccc1)(c1ccccc1)c1ccccc1. The summed E-state index contributed by atoms with van der Waals surface area (Å²) in [5.74, 6) is 0. The van der Waals surface area contributed by atoms with Crippen LogP contribution in [0.3, 0.4) is 0 Å². The second kappa shape index (κ2) is 8.12. The maximum atomic E-state index is 12.2. The van der Waals surface area contributed by atoms with Crippen LogP contribution < -0.4 is 0 Å². The maximum absolute atomic E-state index is 12.2. The molecule has 0 radical (unpaired) electrons. The first-order chi connectivity index (χ1) is 12.6. The molecule has 0 spiro atoms. The molecule has 130 valence electrons. The van der Waals surface area contributed by atoms with Crippen LogP contribution in [-0.2, 0) is 10.2 Å². The van der Waals surface area contributed by atoms with E-state index in [1.807, 2.05) is 61.3 Å². The average Bonchev–Trinajstić information content (AvgIpc) is 2.70. The zero-order chi connectivity index (χ0) is 18.4. The van der Waals surface area contributed by atoms with Gasteiger partial charge in [0.15, 0.2) is 0 Å². The van der Waals surface area contributed by atoms with E-state index in [2.05, 4.69) is 42.7 Å². The van der Waals surface area contributed by atoms with E-state index < -0.39 is 13.0 Å². The highest BCUT2D eigenvalue weighted by Gasteiger charge is 2.38. The second-order valence-electron chi connectivity index (χ2n) is 6.26. The van der Waals surface area contributed by atoms with Crippen LogP contribution in [0.25, 0.3) is 0 Å². The van der Waals surface area contributed by atoms with Gasteiger partial charge in [-0.1, -0.05) is 91.0 Å². The van der Waals surface area contributed by atoms with Crippen molar-refractivity contribution in [1.82, 2.24) is 0 Å². The third-order valence-electron chi connectivity index (χ3n) is 4.52. The van der Waals surface area contributed by atoms with Crippen LogP contribution in [0, 0.1) is 0 Å². The van der Waals surface area contributed by atoms with E-state index >= 15 is 0 Å². The summed E-state index contributed by atoms with van der Waals surface area (Å²) in [6, 6.07) is 30.7. The molecule has 0 aliphatic rings. The van der Waals surface area contributed by atoms with E-state index in [0.29, 0.717) is 0 Å². The third kappa shape index (κ3) is 3.61. The zero-order valence-electron chi connectivity index (χ0n) is 14.8. The Labute approximate surface area is 155 Å². The van der Waals surface area contributed by atoms with Gasteiger partial charge < -0.3 is 4.74 Å². The molecular formula is C23H22O2P+. The van der Waals surface area contributed by atoms with Gasteiger partial charge >= 0.3 is 5.71 Å².